The number of halogens is 2. The fourth-order valence-electron chi connectivity index (χ4n) is 8.75. The first kappa shape index (κ1) is 43.6. The van der Waals surface area contributed by atoms with Crippen molar-refractivity contribution in [2.45, 2.75) is 51.1 Å². The van der Waals surface area contributed by atoms with Gasteiger partial charge in [0.05, 0.1) is 29.9 Å². The summed E-state index contributed by atoms with van der Waals surface area (Å²) >= 11 is 6.19. The lowest BCUT2D eigenvalue weighted by Crippen LogP contribution is -2.52. The Balaban J connectivity index is 0.705. The number of piperazine rings is 1. The maximum absolute atomic E-state index is 13.9. The smallest absolute Gasteiger partial charge is 0.277 e. The van der Waals surface area contributed by atoms with E-state index in [0.717, 1.165) is 40.8 Å². The average molecular weight is 903 g/mol. The van der Waals surface area contributed by atoms with Gasteiger partial charge in [-0.2, -0.15) is 4.68 Å². The van der Waals surface area contributed by atoms with Crippen LogP contribution in [-0.2, 0) is 49.7 Å². The number of ether oxygens (including phenoxy) is 2. The topological polar surface area (TPSA) is 175 Å². The molecule has 1 unspecified atom stereocenters. The first-order chi connectivity index (χ1) is 31.6. The SMILES string of the molecule is O=C1CCC(N2Cc3cc(N4CCN(C(=O)COCCOCCCc5ccc(-c6[nH]n(-c7nc8ccc(Cl)cc8[nH]7)c(=O)c6CCc6ccc(F)cc6)cc5)CC4)ccc3C2=O)C(=O)N1. The number of aromatic amines is 2. The van der Waals surface area contributed by atoms with Gasteiger partial charge in [0.25, 0.3) is 11.5 Å². The van der Waals surface area contributed by atoms with Gasteiger partial charge in [-0.25, -0.2) is 9.37 Å². The van der Waals surface area contributed by atoms with Gasteiger partial charge in [-0.15, -0.1) is 0 Å². The molecule has 3 aliphatic heterocycles. The molecule has 65 heavy (non-hydrogen) atoms. The van der Waals surface area contributed by atoms with Crippen molar-refractivity contribution in [2.24, 2.45) is 0 Å². The number of carbonyl (C=O) groups excluding carboxylic acids is 4. The maximum atomic E-state index is 13.9. The molecule has 336 valence electrons. The number of carbonyl (C=O) groups is 4. The molecule has 0 aliphatic carbocycles. The van der Waals surface area contributed by atoms with Gasteiger partial charge >= 0.3 is 0 Å². The molecule has 5 heterocycles. The number of aryl methyl sites for hydroxylation is 2. The Labute approximate surface area is 378 Å². The van der Waals surface area contributed by atoms with Gasteiger partial charge in [0, 0.05) is 67.6 Å². The first-order valence-electron chi connectivity index (χ1n) is 21.9. The molecule has 2 saturated heterocycles. The van der Waals surface area contributed by atoms with Crippen LogP contribution in [0.15, 0.2) is 89.7 Å². The molecule has 4 aromatic carbocycles. The summed E-state index contributed by atoms with van der Waals surface area (Å²) < 4.78 is 26.5. The molecule has 9 rings (SSSR count). The van der Waals surface area contributed by atoms with E-state index in [1.165, 1.54) is 16.8 Å². The highest BCUT2D eigenvalue weighted by atomic mass is 35.5. The Hall–Kier alpha value is -6.62. The summed E-state index contributed by atoms with van der Waals surface area (Å²) in [6.45, 7) is 3.83. The lowest BCUT2D eigenvalue weighted by atomic mass is 10.00. The predicted molar refractivity (Wildman–Crippen MR) is 242 cm³/mol. The van der Waals surface area contributed by atoms with Gasteiger partial charge in [0.15, 0.2) is 0 Å². The minimum absolute atomic E-state index is 0.0252. The molecule has 2 aromatic heterocycles. The number of nitrogens with one attached hydrogen (secondary N) is 3. The third-order valence-electron chi connectivity index (χ3n) is 12.3. The van der Waals surface area contributed by atoms with Gasteiger partial charge in [-0.1, -0.05) is 48.0 Å². The third kappa shape index (κ3) is 9.75. The maximum Gasteiger partial charge on any atom is 0.277 e. The van der Waals surface area contributed by atoms with Crippen LogP contribution < -0.4 is 15.8 Å². The largest absolute Gasteiger partial charge is 0.379 e. The molecule has 15 nitrogen and oxygen atoms in total. The van der Waals surface area contributed by atoms with Gasteiger partial charge in [0.2, 0.25) is 23.7 Å². The molecule has 17 heteroatoms. The standard InChI is InChI=1S/C48H48ClFN8O7/c49-34-10-16-39-40(27-34)52-48(51-39)58-47(63)38(14-7-31-5-11-35(50)12-6-31)44(54-58)32-8-3-30(4-9-32)2-1-23-64-24-25-65-29-43(60)56-21-19-55(20-22-56)36-13-15-37-33(26-36)28-57(46(37)62)41-17-18-42(59)53-45(41)61/h3-6,8-13,15-16,26-27,41,54H,1-2,7,14,17-25,28-29H2,(H,51,52)(H,53,59,61). The van der Waals surface area contributed by atoms with Crippen molar-refractivity contribution in [3.63, 3.8) is 0 Å². The second-order valence-electron chi connectivity index (χ2n) is 16.5. The number of piperidine rings is 1. The molecular weight excluding hydrogens is 855 g/mol. The Morgan fingerprint density at radius 3 is 2.37 bits per heavy atom. The number of fused-ring (bicyclic) bond motifs is 2. The zero-order chi connectivity index (χ0) is 45.0. The Morgan fingerprint density at radius 2 is 1.58 bits per heavy atom. The minimum Gasteiger partial charge on any atom is -0.379 e. The summed E-state index contributed by atoms with van der Waals surface area (Å²) in [5, 5.41) is 6.18. The molecule has 0 radical (unpaired) electrons. The van der Waals surface area contributed by atoms with E-state index in [1.807, 2.05) is 36.4 Å². The van der Waals surface area contributed by atoms with Crippen LogP contribution in [0.4, 0.5) is 10.1 Å². The monoisotopic (exact) mass is 902 g/mol. The Bertz CT molecular complexity index is 2800. The normalized spacial score (nSPS) is 16.4. The Morgan fingerprint density at radius 1 is 0.831 bits per heavy atom. The van der Waals surface area contributed by atoms with Crippen LogP contribution in [-0.4, -0.2) is 112 Å². The molecule has 0 saturated carbocycles. The highest BCUT2D eigenvalue weighted by molar-refractivity contribution is 6.31. The summed E-state index contributed by atoms with van der Waals surface area (Å²) in [4.78, 5) is 77.3. The van der Waals surface area contributed by atoms with Crippen LogP contribution in [0.5, 0.6) is 0 Å². The predicted octanol–water partition coefficient (Wildman–Crippen LogP) is 5.36. The van der Waals surface area contributed by atoms with Crippen molar-refractivity contribution in [1.82, 2.24) is 34.9 Å². The highest BCUT2D eigenvalue weighted by Gasteiger charge is 2.39. The lowest BCUT2D eigenvalue weighted by molar-refractivity contribution is -0.138. The van der Waals surface area contributed by atoms with Crippen LogP contribution in [0.25, 0.3) is 28.2 Å². The number of imidazole rings is 1. The van der Waals surface area contributed by atoms with Crippen molar-refractivity contribution < 1.29 is 33.0 Å². The summed E-state index contributed by atoms with van der Waals surface area (Å²) in [5.74, 6) is -0.977. The fraction of sp³-hybridized carbons (Fsp3) is 0.333. The second kappa shape index (κ2) is 19.2. The van der Waals surface area contributed by atoms with Crippen molar-refractivity contribution in [2.75, 3.05) is 57.5 Å². The van der Waals surface area contributed by atoms with E-state index < -0.39 is 11.9 Å². The van der Waals surface area contributed by atoms with Crippen molar-refractivity contribution >= 4 is 52.0 Å². The van der Waals surface area contributed by atoms with Crippen molar-refractivity contribution in [1.29, 1.82) is 0 Å². The number of imide groups is 1. The molecule has 1 atom stereocenters. The number of hydrogen-bond donors (Lipinski definition) is 3. The number of amides is 4. The average Bonchev–Trinajstić information content (AvgIpc) is 3.99. The van der Waals surface area contributed by atoms with Crippen LogP contribution in [0.3, 0.4) is 0 Å². The van der Waals surface area contributed by atoms with Gasteiger partial charge < -0.3 is 29.2 Å². The second-order valence-corrected chi connectivity index (χ2v) is 17.0. The van der Waals surface area contributed by atoms with Crippen LogP contribution >= 0.6 is 11.6 Å². The van der Waals surface area contributed by atoms with Gasteiger partial charge in [-0.05, 0) is 103 Å². The van der Waals surface area contributed by atoms with Crippen LogP contribution in [0.1, 0.15) is 51.9 Å². The summed E-state index contributed by atoms with van der Waals surface area (Å²) in [6.07, 6.45) is 3.09. The molecule has 0 bridgehead atoms. The first-order valence-corrected chi connectivity index (χ1v) is 22.2. The number of nitrogens with zero attached hydrogens (tertiary/aromatic N) is 5. The van der Waals surface area contributed by atoms with Gasteiger partial charge in [0.1, 0.15) is 18.5 Å². The molecular formula is C48H48ClFN8O7. The van der Waals surface area contributed by atoms with Crippen LogP contribution in [0, 0.1) is 5.82 Å². The van der Waals surface area contributed by atoms with Crippen LogP contribution in [0.2, 0.25) is 5.02 Å². The molecule has 2 fully saturated rings. The minimum atomic E-state index is -0.654. The van der Waals surface area contributed by atoms with E-state index in [0.29, 0.717) is 111 Å². The highest BCUT2D eigenvalue weighted by Crippen LogP contribution is 2.31. The zero-order valence-electron chi connectivity index (χ0n) is 35.6. The summed E-state index contributed by atoms with van der Waals surface area (Å²) in [5.41, 5.74) is 7.71. The molecule has 3 N–H and O–H groups in total. The van der Waals surface area contributed by atoms with E-state index in [-0.39, 0.29) is 42.1 Å². The van der Waals surface area contributed by atoms with Gasteiger partial charge in [-0.3, -0.25) is 34.4 Å². The van der Waals surface area contributed by atoms with E-state index in [4.69, 9.17) is 21.1 Å². The lowest BCUT2D eigenvalue weighted by Gasteiger charge is -2.36. The number of H-pyrrole nitrogens is 2. The summed E-state index contributed by atoms with van der Waals surface area (Å²) in [7, 11) is 0. The number of hydrogen-bond acceptors (Lipinski definition) is 9. The third-order valence-corrected chi connectivity index (χ3v) is 12.5. The zero-order valence-corrected chi connectivity index (χ0v) is 36.4. The molecule has 4 amide bonds. The number of anilines is 1. The number of aromatic nitrogens is 4. The van der Waals surface area contributed by atoms with Crippen molar-refractivity contribution in [3.8, 4) is 17.2 Å². The quantitative estimate of drug-likeness (QED) is 0.0854. The Kier molecular flexibility index (Phi) is 12.9. The number of rotatable bonds is 16. The van der Waals surface area contributed by atoms with E-state index in [2.05, 4.69) is 25.3 Å². The number of benzene rings is 4. The van der Waals surface area contributed by atoms with E-state index >= 15 is 0 Å². The fourth-order valence-corrected chi connectivity index (χ4v) is 8.92. The summed E-state index contributed by atoms with van der Waals surface area (Å²) in [6, 6.07) is 24.7. The van der Waals surface area contributed by atoms with E-state index in [9.17, 15) is 28.4 Å². The van der Waals surface area contributed by atoms with Crippen molar-refractivity contribution in [3.05, 3.63) is 134 Å². The molecule has 3 aliphatic rings. The molecule has 0 spiro atoms. The van der Waals surface area contributed by atoms with E-state index in [1.54, 1.807) is 46.2 Å². The molecule has 6 aromatic rings.